The van der Waals surface area contributed by atoms with Gasteiger partial charge >= 0.3 is 0 Å². The molecular formula is C13H28N2O. The van der Waals surface area contributed by atoms with Crippen LogP contribution in [0.2, 0.25) is 0 Å². The number of hydrogen-bond donors (Lipinski definition) is 2. The molecule has 96 valence electrons. The fourth-order valence-corrected chi connectivity index (χ4v) is 2.34. The van der Waals surface area contributed by atoms with E-state index in [1.165, 1.54) is 12.8 Å². The number of aliphatic hydroxyl groups is 1. The Morgan fingerprint density at radius 2 is 1.69 bits per heavy atom. The van der Waals surface area contributed by atoms with Gasteiger partial charge in [0.25, 0.3) is 0 Å². The van der Waals surface area contributed by atoms with E-state index in [1.54, 1.807) is 0 Å². The van der Waals surface area contributed by atoms with Crippen molar-refractivity contribution in [3.8, 4) is 0 Å². The van der Waals surface area contributed by atoms with Gasteiger partial charge in [0.15, 0.2) is 0 Å². The van der Waals surface area contributed by atoms with Gasteiger partial charge in [-0.3, -0.25) is 0 Å². The predicted molar refractivity (Wildman–Crippen MR) is 68.6 cm³/mol. The molecule has 0 aromatic rings. The zero-order chi connectivity index (χ0) is 12.2. The third kappa shape index (κ3) is 4.04. The van der Waals surface area contributed by atoms with Crippen LogP contribution in [0, 0.1) is 5.41 Å². The van der Waals surface area contributed by atoms with Crippen LogP contribution < -0.4 is 5.32 Å². The minimum absolute atomic E-state index is 0.00840. The van der Waals surface area contributed by atoms with E-state index in [2.05, 4.69) is 38.2 Å². The second-order valence-electron chi connectivity index (χ2n) is 6.33. The summed E-state index contributed by atoms with van der Waals surface area (Å²) in [6, 6.07) is 0. The number of nitrogens with zero attached hydrogens (tertiary/aromatic N) is 1. The Hall–Kier alpha value is -0.120. The van der Waals surface area contributed by atoms with E-state index in [9.17, 15) is 5.11 Å². The van der Waals surface area contributed by atoms with Crippen LogP contribution in [0.25, 0.3) is 0 Å². The van der Waals surface area contributed by atoms with Gasteiger partial charge in [-0.05, 0) is 45.2 Å². The number of nitrogens with one attached hydrogen (secondary N) is 1. The molecule has 1 saturated carbocycles. The second-order valence-corrected chi connectivity index (χ2v) is 6.33. The molecule has 0 unspecified atom stereocenters. The van der Waals surface area contributed by atoms with Gasteiger partial charge in [-0.25, -0.2) is 0 Å². The third-order valence-corrected chi connectivity index (χ3v) is 3.92. The van der Waals surface area contributed by atoms with Crippen molar-refractivity contribution in [2.24, 2.45) is 5.41 Å². The van der Waals surface area contributed by atoms with Crippen molar-refractivity contribution in [3.05, 3.63) is 0 Å². The summed E-state index contributed by atoms with van der Waals surface area (Å²) in [6.45, 7) is 6.93. The average molecular weight is 228 g/mol. The lowest BCUT2D eigenvalue weighted by atomic mass is 9.69. The van der Waals surface area contributed by atoms with Crippen LogP contribution in [-0.2, 0) is 0 Å². The highest BCUT2D eigenvalue weighted by atomic mass is 16.3. The lowest BCUT2D eigenvalue weighted by Gasteiger charge is -2.43. The van der Waals surface area contributed by atoms with Crippen molar-refractivity contribution in [1.82, 2.24) is 10.2 Å². The summed E-state index contributed by atoms with van der Waals surface area (Å²) in [6.07, 6.45) is 4.62. The van der Waals surface area contributed by atoms with Crippen LogP contribution in [0.3, 0.4) is 0 Å². The van der Waals surface area contributed by atoms with E-state index in [4.69, 9.17) is 0 Å². The highest BCUT2D eigenvalue weighted by molar-refractivity contribution is 4.95. The summed E-state index contributed by atoms with van der Waals surface area (Å²) >= 11 is 0. The Morgan fingerprint density at radius 1 is 1.12 bits per heavy atom. The Balaban J connectivity index is 2.40. The van der Waals surface area contributed by atoms with Gasteiger partial charge in [-0.2, -0.15) is 0 Å². The number of likely N-dealkylation sites (N-methyl/N-ethyl adjacent to an activating group) is 1. The van der Waals surface area contributed by atoms with Gasteiger partial charge in [0.1, 0.15) is 0 Å². The fraction of sp³-hybridized carbons (Fsp3) is 1.00. The molecule has 0 bridgehead atoms. The second kappa shape index (κ2) is 5.48. The van der Waals surface area contributed by atoms with E-state index in [0.717, 1.165) is 25.9 Å². The summed E-state index contributed by atoms with van der Waals surface area (Å²) in [5.74, 6) is 0. The van der Waals surface area contributed by atoms with Crippen LogP contribution in [0.15, 0.2) is 0 Å². The molecule has 1 rings (SSSR count). The Labute approximate surface area is 100 Å². The maximum atomic E-state index is 9.60. The first-order chi connectivity index (χ1) is 7.39. The Kier molecular flexibility index (Phi) is 4.77. The molecule has 3 heteroatoms. The van der Waals surface area contributed by atoms with Crippen LogP contribution in [-0.4, -0.2) is 49.3 Å². The smallest absolute Gasteiger partial charge is 0.0613 e. The number of aliphatic hydroxyl groups excluding tert-OH is 1. The SMILES string of the molecule is CN(C)CCNC1(CO)CCC(C)(C)CC1. The minimum atomic E-state index is -0.00840. The number of hydrogen-bond acceptors (Lipinski definition) is 3. The predicted octanol–water partition coefficient (Wildman–Crippen LogP) is 1.47. The zero-order valence-electron chi connectivity index (χ0n) is 11.3. The quantitative estimate of drug-likeness (QED) is 0.748. The van der Waals surface area contributed by atoms with E-state index in [1.807, 2.05) is 0 Å². The summed E-state index contributed by atoms with van der Waals surface area (Å²) in [7, 11) is 4.16. The molecule has 3 nitrogen and oxygen atoms in total. The highest BCUT2D eigenvalue weighted by Gasteiger charge is 2.37. The topological polar surface area (TPSA) is 35.5 Å². The normalized spacial score (nSPS) is 23.6. The van der Waals surface area contributed by atoms with E-state index < -0.39 is 0 Å². The Morgan fingerprint density at radius 3 is 2.12 bits per heavy atom. The molecule has 0 aliphatic heterocycles. The lowest BCUT2D eigenvalue weighted by Crippen LogP contribution is -2.53. The van der Waals surface area contributed by atoms with Gasteiger partial charge in [-0.15, -0.1) is 0 Å². The average Bonchev–Trinajstić information content (AvgIpc) is 2.21. The van der Waals surface area contributed by atoms with Crippen LogP contribution >= 0.6 is 0 Å². The summed E-state index contributed by atoms with van der Waals surface area (Å²) in [4.78, 5) is 2.17. The van der Waals surface area contributed by atoms with E-state index in [-0.39, 0.29) is 12.1 Å². The molecular weight excluding hydrogens is 200 g/mol. The van der Waals surface area contributed by atoms with Crippen molar-refractivity contribution in [2.75, 3.05) is 33.8 Å². The minimum Gasteiger partial charge on any atom is -0.394 e. The first kappa shape index (κ1) is 13.9. The van der Waals surface area contributed by atoms with Crippen molar-refractivity contribution in [2.45, 2.75) is 45.1 Å². The maximum Gasteiger partial charge on any atom is 0.0613 e. The molecule has 0 aromatic heterocycles. The monoisotopic (exact) mass is 228 g/mol. The number of rotatable bonds is 5. The van der Waals surface area contributed by atoms with Gasteiger partial charge in [0.2, 0.25) is 0 Å². The molecule has 16 heavy (non-hydrogen) atoms. The van der Waals surface area contributed by atoms with Gasteiger partial charge in [0, 0.05) is 18.6 Å². The van der Waals surface area contributed by atoms with Crippen molar-refractivity contribution in [1.29, 1.82) is 0 Å². The van der Waals surface area contributed by atoms with Crippen LogP contribution in [0.4, 0.5) is 0 Å². The fourth-order valence-electron chi connectivity index (χ4n) is 2.34. The molecule has 1 aliphatic rings. The van der Waals surface area contributed by atoms with Crippen LogP contribution in [0.1, 0.15) is 39.5 Å². The van der Waals surface area contributed by atoms with Gasteiger partial charge in [0.05, 0.1) is 6.61 Å². The van der Waals surface area contributed by atoms with Crippen molar-refractivity contribution >= 4 is 0 Å². The first-order valence-electron chi connectivity index (χ1n) is 6.40. The third-order valence-electron chi connectivity index (χ3n) is 3.92. The van der Waals surface area contributed by atoms with Gasteiger partial charge in [-0.1, -0.05) is 13.8 Å². The van der Waals surface area contributed by atoms with Gasteiger partial charge < -0.3 is 15.3 Å². The van der Waals surface area contributed by atoms with E-state index >= 15 is 0 Å². The lowest BCUT2D eigenvalue weighted by molar-refractivity contribution is 0.0750. The first-order valence-corrected chi connectivity index (χ1v) is 6.40. The molecule has 2 N–H and O–H groups in total. The molecule has 0 spiro atoms. The summed E-state index contributed by atoms with van der Waals surface area (Å²) < 4.78 is 0. The van der Waals surface area contributed by atoms with E-state index in [0.29, 0.717) is 5.41 Å². The van der Waals surface area contributed by atoms with Crippen LogP contribution in [0.5, 0.6) is 0 Å². The zero-order valence-corrected chi connectivity index (χ0v) is 11.3. The van der Waals surface area contributed by atoms with Crippen molar-refractivity contribution in [3.63, 3.8) is 0 Å². The summed E-state index contributed by atoms with van der Waals surface area (Å²) in [5, 5.41) is 13.2. The summed E-state index contributed by atoms with van der Waals surface area (Å²) in [5.41, 5.74) is 0.452. The molecule has 1 fully saturated rings. The highest BCUT2D eigenvalue weighted by Crippen LogP contribution is 2.39. The molecule has 0 atom stereocenters. The largest absolute Gasteiger partial charge is 0.394 e. The molecule has 0 aromatic carbocycles. The standard InChI is InChI=1S/C13H28N2O/c1-12(2)5-7-13(11-16,8-6-12)14-9-10-15(3)4/h14,16H,5-11H2,1-4H3. The molecule has 0 amide bonds. The molecule has 0 saturated heterocycles. The maximum absolute atomic E-state index is 9.60. The molecule has 0 heterocycles. The Bertz CT molecular complexity index is 204. The molecule has 0 radical (unpaired) electrons. The van der Waals surface area contributed by atoms with Crippen molar-refractivity contribution < 1.29 is 5.11 Å². The molecule has 1 aliphatic carbocycles.